The molecule has 0 aliphatic carbocycles. The number of amides is 1. The minimum Gasteiger partial charge on any atom is -0.338 e. The molecule has 4 rings (SSSR count). The minimum atomic E-state index is -3.05. The molecule has 3 aromatic rings. The van der Waals surface area contributed by atoms with Crippen LogP contribution in [-0.4, -0.2) is 58.9 Å². The number of hydrogen-bond donors (Lipinski definition) is 0. The van der Waals surface area contributed by atoms with Crippen LogP contribution in [0.2, 0.25) is 0 Å². The van der Waals surface area contributed by atoms with E-state index < -0.39 is 9.84 Å². The first-order valence-electron chi connectivity index (χ1n) is 9.71. The van der Waals surface area contributed by atoms with Crippen LogP contribution < -0.4 is 0 Å². The SMILES string of the molecule is CS(=O)(=O)CC1CCCN(C(=O)c2cnc3c(c2)ncn3Cc2ccccc2)C1. The summed E-state index contributed by atoms with van der Waals surface area (Å²) >= 11 is 0. The average Bonchev–Trinajstić information content (AvgIpc) is 3.09. The quantitative estimate of drug-likeness (QED) is 0.642. The smallest absolute Gasteiger partial charge is 0.255 e. The number of nitrogens with zero attached hydrogens (tertiary/aromatic N) is 4. The van der Waals surface area contributed by atoms with Gasteiger partial charge in [-0.2, -0.15) is 0 Å². The molecule has 3 heterocycles. The summed E-state index contributed by atoms with van der Waals surface area (Å²) < 4.78 is 25.2. The van der Waals surface area contributed by atoms with Gasteiger partial charge in [-0.25, -0.2) is 18.4 Å². The van der Waals surface area contributed by atoms with Gasteiger partial charge < -0.3 is 9.47 Å². The van der Waals surface area contributed by atoms with Crippen molar-refractivity contribution in [3.63, 3.8) is 0 Å². The van der Waals surface area contributed by atoms with Crippen LogP contribution in [0.3, 0.4) is 0 Å². The number of likely N-dealkylation sites (tertiary alicyclic amines) is 1. The number of benzene rings is 1. The summed E-state index contributed by atoms with van der Waals surface area (Å²) in [5.41, 5.74) is 3.05. The maximum Gasteiger partial charge on any atom is 0.255 e. The van der Waals surface area contributed by atoms with Crippen molar-refractivity contribution < 1.29 is 13.2 Å². The first-order valence-corrected chi connectivity index (χ1v) is 11.8. The Morgan fingerprint density at radius 1 is 1.21 bits per heavy atom. The number of fused-ring (bicyclic) bond motifs is 1. The lowest BCUT2D eigenvalue weighted by Crippen LogP contribution is -2.41. The van der Waals surface area contributed by atoms with E-state index in [0.29, 0.717) is 30.7 Å². The standard InChI is InChI=1S/C21H24N4O3S/c1-29(27,28)14-17-8-5-9-24(13-17)21(26)18-10-19-20(22-11-18)25(15-23-19)12-16-6-3-2-4-7-16/h2-4,6-7,10-11,15,17H,5,8-9,12-14H2,1H3. The van der Waals surface area contributed by atoms with Crippen molar-refractivity contribution in [3.8, 4) is 0 Å². The first-order chi connectivity index (χ1) is 13.9. The van der Waals surface area contributed by atoms with Gasteiger partial charge in [-0.15, -0.1) is 0 Å². The zero-order chi connectivity index (χ0) is 20.4. The molecule has 8 heteroatoms. The average molecular weight is 413 g/mol. The van der Waals surface area contributed by atoms with Crippen molar-refractivity contribution in [1.82, 2.24) is 19.4 Å². The van der Waals surface area contributed by atoms with Crippen molar-refractivity contribution in [1.29, 1.82) is 0 Å². The van der Waals surface area contributed by atoms with Crippen molar-refractivity contribution in [2.75, 3.05) is 25.1 Å². The Morgan fingerprint density at radius 3 is 2.76 bits per heavy atom. The molecule has 29 heavy (non-hydrogen) atoms. The van der Waals surface area contributed by atoms with E-state index in [4.69, 9.17) is 0 Å². The highest BCUT2D eigenvalue weighted by molar-refractivity contribution is 7.90. The van der Waals surface area contributed by atoms with E-state index in [1.54, 1.807) is 23.5 Å². The molecule has 1 aliphatic heterocycles. The fraction of sp³-hybridized carbons (Fsp3) is 0.381. The summed E-state index contributed by atoms with van der Waals surface area (Å²) in [6.45, 7) is 1.77. The molecule has 1 aromatic carbocycles. The lowest BCUT2D eigenvalue weighted by molar-refractivity contribution is 0.0684. The van der Waals surface area contributed by atoms with Crippen LogP contribution in [0.5, 0.6) is 0 Å². The summed E-state index contributed by atoms with van der Waals surface area (Å²) in [4.78, 5) is 23.6. The summed E-state index contributed by atoms with van der Waals surface area (Å²) in [6, 6.07) is 11.8. The van der Waals surface area contributed by atoms with E-state index in [1.165, 1.54) is 6.26 Å². The molecule has 0 saturated carbocycles. The van der Waals surface area contributed by atoms with E-state index in [-0.39, 0.29) is 17.6 Å². The second kappa shape index (κ2) is 7.94. The van der Waals surface area contributed by atoms with Gasteiger partial charge in [0.25, 0.3) is 5.91 Å². The number of carbonyl (C=O) groups excluding carboxylic acids is 1. The fourth-order valence-electron chi connectivity index (χ4n) is 3.96. The van der Waals surface area contributed by atoms with Gasteiger partial charge in [-0.05, 0) is 30.4 Å². The van der Waals surface area contributed by atoms with E-state index in [0.717, 1.165) is 24.1 Å². The maximum atomic E-state index is 13.0. The van der Waals surface area contributed by atoms with Crippen LogP contribution in [0.25, 0.3) is 11.2 Å². The Balaban J connectivity index is 1.51. The lowest BCUT2D eigenvalue weighted by Gasteiger charge is -2.32. The molecule has 1 fully saturated rings. The third kappa shape index (κ3) is 4.64. The van der Waals surface area contributed by atoms with E-state index in [1.807, 2.05) is 34.9 Å². The molecule has 0 radical (unpaired) electrons. The molecule has 7 nitrogen and oxygen atoms in total. The maximum absolute atomic E-state index is 13.0. The van der Waals surface area contributed by atoms with Gasteiger partial charge in [0.15, 0.2) is 5.65 Å². The number of carbonyl (C=O) groups is 1. The Labute approximate surface area is 170 Å². The molecular formula is C21H24N4O3S. The number of rotatable bonds is 5. The molecule has 0 bridgehead atoms. The van der Waals surface area contributed by atoms with E-state index >= 15 is 0 Å². The minimum absolute atomic E-state index is 0.00975. The molecule has 0 spiro atoms. The van der Waals surface area contributed by atoms with Gasteiger partial charge in [-0.1, -0.05) is 30.3 Å². The zero-order valence-electron chi connectivity index (χ0n) is 16.4. The van der Waals surface area contributed by atoms with Crippen LogP contribution in [0.15, 0.2) is 48.9 Å². The van der Waals surface area contributed by atoms with Crippen molar-refractivity contribution >= 4 is 26.9 Å². The second-order valence-electron chi connectivity index (χ2n) is 7.78. The van der Waals surface area contributed by atoms with Gasteiger partial charge in [0.2, 0.25) is 0 Å². The van der Waals surface area contributed by atoms with Crippen molar-refractivity contribution in [2.45, 2.75) is 19.4 Å². The van der Waals surface area contributed by atoms with Gasteiger partial charge in [0, 0.05) is 25.5 Å². The third-order valence-electron chi connectivity index (χ3n) is 5.24. The predicted octanol–water partition coefficient (Wildman–Crippen LogP) is 2.38. The molecule has 2 aromatic heterocycles. The van der Waals surface area contributed by atoms with Crippen LogP contribution in [0, 0.1) is 5.92 Å². The lowest BCUT2D eigenvalue weighted by atomic mass is 9.99. The molecule has 1 amide bonds. The molecule has 1 unspecified atom stereocenters. The van der Waals surface area contributed by atoms with Crippen molar-refractivity contribution in [3.05, 3.63) is 60.0 Å². The van der Waals surface area contributed by atoms with Crippen LogP contribution >= 0.6 is 0 Å². The zero-order valence-corrected chi connectivity index (χ0v) is 17.2. The molecule has 1 atom stereocenters. The molecule has 0 N–H and O–H groups in total. The third-order valence-corrected chi connectivity index (χ3v) is 6.32. The fourth-order valence-corrected chi connectivity index (χ4v) is 5.09. The number of piperidine rings is 1. The number of hydrogen-bond acceptors (Lipinski definition) is 5. The molecule has 152 valence electrons. The van der Waals surface area contributed by atoms with Gasteiger partial charge in [0.1, 0.15) is 15.4 Å². The highest BCUT2D eigenvalue weighted by Crippen LogP contribution is 2.21. The second-order valence-corrected chi connectivity index (χ2v) is 9.96. The normalized spacial score (nSPS) is 17.6. The van der Waals surface area contributed by atoms with Gasteiger partial charge in [-0.3, -0.25) is 4.79 Å². The number of aromatic nitrogens is 3. The van der Waals surface area contributed by atoms with Crippen LogP contribution in [0.4, 0.5) is 0 Å². The highest BCUT2D eigenvalue weighted by Gasteiger charge is 2.27. The van der Waals surface area contributed by atoms with Crippen molar-refractivity contribution in [2.24, 2.45) is 5.92 Å². The van der Waals surface area contributed by atoms with E-state index in [2.05, 4.69) is 9.97 Å². The first kappa shape index (κ1) is 19.6. The number of sulfone groups is 1. The summed E-state index contributed by atoms with van der Waals surface area (Å²) in [6.07, 6.45) is 6.22. The Bertz CT molecular complexity index is 1130. The Kier molecular flexibility index (Phi) is 5.36. The Hall–Kier alpha value is -2.74. The summed E-state index contributed by atoms with van der Waals surface area (Å²) in [5.74, 6) is -0.00232. The summed E-state index contributed by atoms with van der Waals surface area (Å²) in [7, 11) is -3.05. The topological polar surface area (TPSA) is 85.2 Å². The molecule has 1 aliphatic rings. The largest absolute Gasteiger partial charge is 0.338 e. The Morgan fingerprint density at radius 2 is 2.00 bits per heavy atom. The van der Waals surface area contributed by atoms with Gasteiger partial charge >= 0.3 is 0 Å². The molecular weight excluding hydrogens is 388 g/mol. The van der Waals surface area contributed by atoms with Crippen LogP contribution in [-0.2, 0) is 16.4 Å². The summed E-state index contributed by atoms with van der Waals surface area (Å²) in [5, 5.41) is 0. The molecule has 1 saturated heterocycles. The monoisotopic (exact) mass is 412 g/mol. The van der Waals surface area contributed by atoms with E-state index in [9.17, 15) is 13.2 Å². The van der Waals surface area contributed by atoms with Crippen LogP contribution in [0.1, 0.15) is 28.8 Å². The van der Waals surface area contributed by atoms with Gasteiger partial charge in [0.05, 0.1) is 24.2 Å². The highest BCUT2D eigenvalue weighted by atomic mass is 32.2. The number of pyridine rings is 1. The predicted molar refractivity (Wildman–Crippen MR) is 111 cm³/mol. The number of imidazole rings is 1.